The van der Waals surface area contributed by atoms with E-state index in [1.807, 2.05) is 0 Å². The number of rotatable bonds is 12. The first-order valence-electron chi connectivity index (χ1n) is 8.58. The van der Waals surface area contributed by atoms with Crippen molar-refractivity contribution in [2.24, 2.45) is 5.10 Å². The highest BCUT2D eigenvalue weighted by Gasteiger charge is 2.69. The van der Waals surface area contributed by atoms with Crippen LogP contribution in [0.5, 0.6) is 0 Å². The quantitative estimate of drug-likeness (QED) is 0.379. The highest BCUT2D eigenvalue weighted by atomic mass is 31.2. The minimum atomic E-state index is -4.12. The van der Waals surface area contributed by atoms with Gasteiger partial charge in [-0.2, -0.15) is 5.10 Å². The Labute approximate surface area is 154 Å². The third-order valence-corrected chi connectivity index (χ3v) is 9.59. The number of carbonyl (C=O) groups is 1. The number of ether oxygens (including phenoxy) is 1. The zero-order valence-electron chi connectivity index (χ0n) is 15.9. The van der Waals surface area contributed by atoms with E-state index in [-0.39, 0.29) is 45.2 Å². The van der Waals surface area contributed by atoms with Gasteiger partial charge in [0.05, 0.1) is 33.0 Å². The molecule has 0 atom stereocenters. The highest BCUT2D eigenvalue weighted by molar-refractivity contribution is 7.74. The van der Waals surface area contributed by atoms with Gasteiger partial charge in [0.2, 0.25) is 0 Å². The van der Waals surface area contributed by atoms with E-state index in [9.17, 15) is 13.9 Å². The SMILES string of the molecule is CCOC(=O)C1=NNC(P(=O)(OCC)OCC)(P(=O)(OCC)OCC)C1. The number of esters is 1. The van der Waals surface area contributed by atoms with Crippen LogP contribution in [0.1, 0.15) is 41.0 Å². The molecule has 26 heavy (non-hydrogen) atoms. The van der Waals surface area contributed by atoms with Gasteiger partial charge in [0.15, 0.2) is 0 Å². The van der Waals surface area contributed by atoms with Gasteiger partial charge >= 0.3 is 21.2 Å². The Morgan fingerprint density at radius 3 is 1.69 bits per heavy atom. The van der Waals surface area contributed by atoms with Crippen LogP contribution in [0.25, 0.3) is 0 Å². The maximum atomic E-state index is 13.6. The van der Waals surface area contributed by atoms with Crippen LogP contribution in [0.4, 0.5) is 0 Å². The van der Waals surface area contributed by atoms with Crippen molar-refractivity contribution in [2.45, 2.75) is 46.1 Å². The summed E-state index contributed by atoms with van der Waals surface area (Å²) in [6.45, 7) is 8.34. The van der Waals surface area contributed by atoms with Crippen molar-refractivity contribution >= 4 is 26.9 Å². The summed E-state index contributed by atoms with van der Waals surface area (Å²) in [5.74, 6) is -0.721. The molecular weight excluding hydrogens is 386 g/mol. The summed E-state index contributed by atoms with van der Waals surface area (Å²) in [6.07, 6.45) is -0.347. The average molecular weight is 414 g/mol. The molecule has 0 unspecified atom stereocenters. The van der Waals surface area contributed by atoms with Crippen molar-refractivity contribution < 1.29 is 36.8 Å². The molecule has 0 radical (unpaired) electrons. The molecule has 0 aromatic heterocycles. The molecule has 0 amide bonds. The number of nitrogens with zero attached hydrogens (tertiary/aromatic N) is 1. The van der Waals surface area contributed by atoms with E-state index in [0.29, 0.717) is 0 Å². The van der Waals surface area contributed by atoms with E-state index in [2.05, 4.69) is 10.5 Å². The average Bonchev–Trinajstić information content (AvgIpc) is 3.04. The molecule has 0 aliphatic carbocycles. The van der Waals surface area contributed by atoms with Gasteiger partial charge in [0.25, 0.3) is 5.02 Å². The molecule has 0 fully saturated rings. The van der Waals surface area contributed by atoms with Crippen molar-refractivity contribution in [1.29, 1.82) is 0 Å². The molecule has 0 aromatic carbocycles. The highest BCUT2D eigenvalue weighted by Crippen LogP contribution is 2.78. The Hall–Kier alpha value is -0.760. The zero-order valence-corrected chi connectivity index (χ0v) is 17.6. The van der Waals surface area contributed by atoms with Crippen LogP contribution in [-0.4, -0.2) is 49.7 Å². The van der Waals surface area contributed by atoms with Crippen molar-refractivity contribution in [2.75, 3.05) is 33.0 Å². The van der Waals surface area contributed by atoms with Crippen LogP contribution in [0.3, 0.4) is 0 Å². The third kappa shape index (κ3) is 4.38. The lowest BCUT2D eigenvalue weighted by Crippen LogP contribution is -2.42. The van der Waals surface area contributed by atoms with Crippen molar-refractivity contribution in [3.8, 4) is 0 Å². The summed E-state index contributed by atoms with van der Waals surface area (Å²) < 4.78 is 53.7. The number of hydrogen-bond donors (Lipinski definition) is 1. The van der Waals surface area contributed by atoms with E-state index in [1.54, 1.807) is 34.6 Å². The monoisotopic (exact) mass is 414 g/mol. The predicted octanol–water partition coefficient (Wildman–Crippen LogP) is 3.08. The van der Waals surface area contributed by atoms with Gasteiger partial charge < -0.3 is 22.8 Å². The van der Waals surface area contributed by atoms with Crippen molar-refractivity contribution in [1.82, 2.24) is 5.43 Å². The smallest absolute Gasteiger partial charge is 0.370 e. The first-order chi connectivity index (χ1) is 12.3. The molecule has 1 rings (SSSR count). The van der Waals surface area contributed by atoms with Gasteiger partial charge in [-0.05, 0) is 34.6 Å². The fourth-order valence-electron chi connectivity index (χ4n) is 2.45. The maximum Gasteiger partial charge on any atom is 0.370 e. The lowest BCUT2D eigenvalue weighted by atomic mass is 10.3. The first-order valence-corrected chi connectivity index (χ1v) is 11.7. The largest absolute Gasteiger partial charge is 0.461 e. The second-order valence-corrected chi connectivity index (χ2v) is 9.95. The molecule has 152 valence electrons. The van der Waals surface area contributed by atoms with Crippen LogP contribution in [-0.2, 0) is 36.8 Å². The summed E-state index contributed by atoms with van der Waals surface area (Å²) in [7, 11) is -8.24. The van der Waals surface area contributed by atoms with Gasteiger partial charge in [-0.25, -0.2) is 4.79 Å². The fraction of sp³-hybridized carbons (Fsp3) is 0.857. The Kier molecular flexibility index (Phi) is 8.93. The lowest BCUT2D eigenvalue weighted by molar-refractivity contribution is -0.135. The normalized spacial score (nSPS) is 16.9. The summed E-state index contributed by atoms with van der Waals surface area (Å²) in [4.78, 5) is 12.1. The minimum Gasteiger partial charge on any atom is -0.461 e. The molecule has 1 heterocycles. The molecule has 1 aliphatic rings. The Morgan fingerprint density at radius 1 is 0.923 bits per heavy atom. The summed E-state index contributed by atoms with van der Waals surface area (Å²) >= 11 is 0. The standard InChI is InChI=1S/C14H28N2O8P2/c1-6-20-13(17)12-11-14(16-15-12,25(18,21-7-2)22-8-3)26(19,23-9-4)24-10-5/h16H,6-11H2,1-5H3. The first kappa shape index (κ1) is 23.3. The molecule has 0 spiro atoms. The molecule has 12 heteroatoms. The second-order valence-electron chi connectivity index (χ2n) is 5.05. The van der Waals surface area contributed by atoms with Crippen LogP contribution < -0.4 is 5.43 Å². The van der Waals surface area contributed by atoms with Gasteiger partial charge in [-0.3, -0.25) is 14.6 Å². The van der Waals surface area contributed by atoms with E-state index in [4.69, 9.17) is 22.8 Å². The van der Waals surface area contributed by atoms with Crippen molar-refractivity contribution in [3.63, 3.8) is 0 Å². The molecule has 0 saturated heterocycles. The Balaban J connectivity index is 3.47. The van der Waals surface area contributed by atoms with Gasteiger partial charge in [-0.15, -0.1) is 0 Å². The summed E-state index contributed by atoms with van der Waals surface area (Å²) in [5, 5.41) is 1.92. The topological polar surface area (TPSA) is 122 Å². The molecule has 0 aromatic rings. The predicted molar refractivity (Wildman–Crippen MR) is 96.3 cm³/mol. The lowest BCUT2D eigenvalue weighted by Gasteiger charge is -2.38. The number of hydrazone groups is 1. The van der Waals surface area contributed by atoms with Gasteiger partial charge in [-0.1, -0.05) is 0 Å². The number of nitrogens with one attached hydrogen (secondary N) is 1. The van der Waals surface area contributed by atoms with Crippen LogP contribution >= 0.6 is 15.2 Å². The minimum absolute atomic E-state index is 0.0215. The summed E-state index contributed by atoms with van der Waals surface area (Å²) in [5.41, 5.74) is 2.45. The van der Waals surface area contributed by atoms with Crippen LogP contribution in [0, 0.1) is 0 Å². The Morgan fingerprint density at radius 2 is 1.35 bits per heavy atom. The van der Waals surface area contributed by atoms with E-state index in [1.165, 1.54) is 0 Å². The zero-order chi connectivity index (χ0) is 19.8. The molecule has 1 N–H and O–H groups in total. The second kappa shape index (κ2) is 9.97. The molecule has 0 saturated carbocycles. The van der Waals surface area contributed by atoms with Gasteiger partial charge in [0, 0.05) is 6.42 Å². The van der Waals surface area contributed by atoms with Crippen molar-refractivity contribution in [3.05, 3.63) is 0 Å². The van der Waals surface area contributed by atoms with Crippen LogP contribution in [0.15, 0.2) is 5.10 Å². The fourth-order valence-corrected chi connectivity index (χ4v) is 7.74. The summed E-state index contributed by atoms with van der Waals surface area (Å²) in [6, 6.07) is 0. The number of hydrogen-bond acceptors (Lipinski definition) is 10. The van der Waals surface area contributed by atoms with Gasteiger partial charge in [0.1, 0.15) is 5.71 Å². The molecule has 1 aliphatic heterocycles. The van der Waals surface area contributed by atoms with E-state index < -0.39 is 26.2 Å². The molecule has 10 nitrogen and oxygen atoms in total. The maximum absolute atomic E-state index is 13.6. The molecule has 0 bridgehead atoms. The third-order valence-electron chi connectivity index (χ3n) is 3.40. The molecular formula is C14H28N2O8P2. The van der Waals surface area contributed by atoms with Crippen LogP contribution in [0.2, 0.25) is 0 Å². The van der Waals surface area contributed by atoms with E-state index in [0.717, 1.165) is 0 Å². The van der Waals surface area contributed by atoms with E-state index >= 15 is 0 Å². The number of carbonyl (C=O) groups excluding carboxylic acids is 1. The Bertz CT molecular complexity index is 560.